The second kappa shape index (κ2) is 12.0. The average Bonchev–Trinajstić information content (AvgIpc) is 2.81. The van der Waals surface area contributed by atoms with Gasteiger partial charge in [0.25, 0.3) is 5.91 Å². The molecule has 0 unspecified atom stereocenters. The van der Waals surface area contributed by atoms with Crippen LogP contribution < -0.4 is 24.4 Å². The van der Waals surface area contributed by atoms with Gasteiger partial charge in [-0.3, -0.25) is 4.79 Å². The Morgan fingerprint density at radius 2 is 1.52 bits per heavy atom. The lowest BCUT2D eigenvalue weighted by molar-refractivity contribution is 0.102. The third kappa shape index (κ3) is 6.24. The first-order chi connectivity index (χ1) is 16.0. The third-order valence-electron chi connectivity index (χ3n) is 5.54. The molecule has 1 aliphatic heterocycles. The molecule has 0 bridgehead atoms. The number of nitrogens with one attached hydrogen (secondary N) is 1. The van der Waals surface area contributed by atoms with Crippen LogP contribution in [0.5, 0.6) is 17.2 Å². The van der Waals surface area contributed by atoms with Crippen LogP contribution in [-0.2, 0) is 0 Å². The van der Waals surface area contributed by atoms with Crippen molar-refractivity contribution >= 4 is 28.9 Å². The van der Waals surface area contributed by atoms with Crippen molar-refractivity contribution in [3.05, 3.63) is 40.9 Å². The van der Waals surface area contributed by atoms with Crippen LogP contribution in [0.25, 0.3) is 0 Å². The molecule has 1 heterocycles. The number of hydrogen-bond acceptors (Lipinski definition) is 6. The summed E-state index contributed by atoms with van der Waals surface area (Å²) in [6, 6.07) is 9.00. The fourth-order valence-corrected chi connectivity index (χ4v) is 4.08. The number of amides is 1. The van der Waals surface area contributed by atoms with E-state index in [2.05, 4.69) is 22.0 Å². The van der Waals surface area contributed by atoms with Crippen LogP contribution in [0.1, 0.15) is 38.1 Å². The molecule has 8 heteroatoms. The molecule has 1 N–H and O–H groups in total. The molecule has 0 aliphatic carbocycles. The van der Waals surface area contributed by atoms with Crippen molar-refractivity contribution < 1.29 is 19.0 Å². The highest BCUT2D eigenvalue weighted by atomic mass is 35.5. The number of halogens is 1. The van der Waals surface area contributed by atoms with Gasteiger partial charge in [0.2, 0.25) is 5.75 Å². The summed E-state index contributed by atoms with van der Waals surface area (Å²) in [4.78, 5) is 18.0. The Morgan fingerprint density at radius 1 is 0.909 bits per heavy atom. The van der Waals surface area contributed by atoms with E-state index in [-0.39, 0.29) is 5.91 Å². The van der Waals surface area contributed by atoms with Crippen molar-refractivity contribution in [2.24, 2.45) is 0 Å². The minimum absolute atomic E-state index is 0.268. The summed E-state index contributed by atoms with van der Waals surface area (Å²) < 4.78 is 17.3. The highest BCUT2D eigenvalue weighted by molar-refractivity contribution is 6.31. The van der Waals surface area contributed by atoms with Crippen molar-refractivity contribution in [2.45, 2.75) is 27.7 Å². The number of benzene rings is 2. The molecule has 180 valence electrons. The molecular weight excluding hydrogens is 442 g/mol. The van der Waals surface area contributed by atoms with Crippen molar-refractivity contribution in [1.82, 2.24) is 4.90 Å². The zero-order valence-corrected chi connectivity index (χ0v) is 20.7. The predicted octanol–water partition coefficient (Wildman–Crippen LogP) is 4.93. The van der Waals surface area contributed by atoms with E-state index in [1.54, 1.807) is 18.2 Å². The highest BCUT2D eigenvalue weighted by Crippen LogP contribution is 2.39. The molecule has 2 aromatic rings. The monoisotopic (exact) mass is 475 g/mol. The lowest BCUT2D eigenvalue weighted by Crippen LogP contribution is -2.46. The van der Waals surface area contributed by atoms with E-state index in [4.69, 9.17) is 25.8 Å². The van der Waals surface area contributed by atoms with Gasteiger partial charge in [0.1, 0.15) is 0 Å². The quantitative estimate of drug-likeness (QED) is 0.525. The summed E-state index contributed by atoms with van der Waals surface area (Å²) in [5.41, 5.74) is 2.07. The summed E-state index contributed by atoms with van der Waals surface area (Å²) in [5.74, 6) is 1.21. The highest BCUT2D eigenvalue weighted by Gasteiger charge is 2.22. The SMILES string of the molecule is CCOc1cc(C(=O)Nc2cc(Cl)ccc2N2CCN(CC)CC2)cc(OCC)c1OCC. The van der Waals surface area contributed by atoms with Gasteiger partial charge in [-0.2, -0.15) is 0 Å². The zero-order valence-electron chi connectivity index (χ0n) is 19.9. The number of piperazine rings is 1. The van der Waals surface area contributed by atoms with Crippen molar-refractivity contribution in [1.29, 1.82) is 0 Å². The minimum atomic E-state index is -0.268. The number of anilines is 2. The minimum Gasteiger partial charge on any atom is -0.490 e. The van der Waals surface area contributed by atoms with E-state index < -0.39 is 0 Å². The summed E-state index contributed by atoms with van der Waals surface area (Å²) >= 11 is 6.28. The second-order valence-corrected chi connectivity index (χ2v) is 8.07. The number of hydrogen-bond donors (Lipinski definition) is 1. The van der Waals surface area contributed by atoms with Crippen molar-refractivity contribution in [2.75, 3.05) is 62.8 Å². The van der Waals surface area contributed by atoms with Crippen LogP contribution in [0.3, 0.4) is 0 Å². The molecule has 0 radical (unpaired) electrons. The fraction of sp³-hybridized carbons (Fsp3) is 0.480. The van der Waals surface area contributed by atoms with Gasteiger partial charge in [0, 0.05) is 36.8 Å². The van der Waals surface area contributed by atoms with E-state index in [0.29, 0.717) is 53.3 Å². The van der Waals surface area contributed by atoms with Crippen LogP contribution >= 0.6 is 11.6 Å². The molecule has 0 spiro atoms. The number of carbonyl (C=O) groups excluding carboxylic acids is 1. The lowest BCUT2D eigenvalue weighted by atomic mass is 10.1. The standard InChI is InChI=1S/C25H34ClN3O4/c1-5-28-11-13-29(14-12-28)21-10-9-19(26)17-20(21)27-25(30)18-15-22(31-6-2)24(33-8-4)23(16-18)32-7-3/h9-10,15-17H,5-8,11-14H2,1-4H3,(H,27,30). The molecule has 3 rings (SSSR count). The van der Waals surface area contributed by atoms with Gasteiger partial charge in [0.15, 0.2) is 11.5 Å². The number of likely N-dealkylation sites (N-methyl/N-ethyl adjacent to an activating group) is 1. The number of nitrogens with zero attached hydrogens (tertiary/aromatic N) is 2. The van der Waals surface area contributed by atoms with Crippen LogP contribution in [-0.4, -0.2) is 63.4 Å². The Hall–Kier alpha value is -2.64. The molecule has 7 nitrogen and oxygen atoms in total. The molecular formula is C25H34ClN3O4. The van der Waals surface area contributed by atoms with E-state index in [0.717, 1.165) is 38.4 Å². The summed E-state index contributed by atoms with van der Waals surface area (Å²) in [7, 11) is 0. The molecule has 1 fully saturated rings. The summed E-state index contributed by atoms with van der Waals surface area (Å²) in [5, 5.41) is 3.62. The Kier molecular flexibility index (Phi) is 9.09. The molecule has 0 aromatic heterocycles. The average molecular weight is 476 g/mol. The maximum Gasteiger partial charge on any atom is 0.255 e. The van der Waals surface area contributed by atoms with Gasteiger partial charge in [-0.1, -0.05) is 18.5 Å². The van der Waals surface area contributed by atoms with Crippen LogP contribution in [0, 0.1) is 0 Å². The first kappa shape index (κ1) is 25.0. The lowest BCUT2D eigenvalue weighted by Gasteiger charge is -2.36. The number of ether oxygens (including phenoxy) is 3. The van der Waals surface area contributed by atoms with Crippen molar-refractivity contribution in [3.8, 4) is 17.2 Å². The van der Waals surface area contributed by atoms with Gasteiger partial charge in [-0.05, 0) is 57.6 Å². The molecule has 0 atom stereocenters. The van der Waals surface area contributed by atoms with E-state index >= 15 is 0 Å². The number of rotatable bonds is 10. The van der Waals surface area contributed by atoms with E-state index in [1.807, 2.05) is 32.9 Å². The Morgan fingerprint density at radius 3 is 2.06 bits per heavy atom. The van der Waals surface area contributed by atoms with Crippen LogP contribution in [0.15, 0.2) is 30.3 Å². The number of carbonyl (C=O) groups is 1. The third-order valence-corrected chi connectivity index (χ3v) is 5.77. The zero-order chi connectivity index (χ0) is 23.8. The van der Waals surface area contributed by atoms with Gasteiger partial charge in [-0.25, -0.2) is 0 Å². The smallest absolute Gasteiger partial charge is 0.255 e. The predicted molar refractivity (Wildman–Crippen MR) is 134 cm³/mol. The van der Waals surface area contributed by atoms with Gasteiger partial charge in [-0.15, -0.1) is 0 Å². The van der Waals surface area contributed by atoms with Crippen molar-refractivity contribution in [3.63, 3.8) is 0 Å². The van der Waals surface area contributed by atoms with Gasteiger partial charge in [0.05, 0.1) is 31.2 Å². The maximum absolute atomic E-state index is 13.3. The summed E-state index contributed by atoms with van der Waals surface area (Å²) in [6.07, 6.45) is 0. The molecule has 0 saturated carbocycles. The molecule has 1 amide bonds. The van der Waals surface area contributed by atoms with Crippen LogP contribution in [0.2, 0.25) is 5.02 Å². The normalized spacial score (nSPS) is 14.2. The molecule has 1 saturated heterocycles. The van der Waals surface area contributed by atoms with Gasteiger partial charge < -0.3 is 29.3 Å². The van der Waals surface area contributed by atoms with Gasteiger partial charge >= 0.3 is 0 Å². The maximum atomic E-state index is 13.3. The molecule has 2 aromatic carbocycles. The Balaban J connectivity index is 1.90. The van der Waals surface area contributed by atoms with Crippen LogP contribution in [0.4, 0.5) is 11.4 Å². The fourth-order valence-electron chi connectivity index (χ4n) is 3.90. The second-order valence-electron chi connectivity index (χ2n) is 7.64. The Bertz CT molecular complexity index is 918. The van der Waals surface area contributed by atoms with E-state index in [1.165, 1.54) is 0 Å². The topological polar surface area (TPSA) is 63.3 Å². The molecule has 33 heavy (non-hydrogen) atoms. The Labute approximate surface area is 201 Å². The van der Waals surface area contributed by atoms with E-state index in [9.17, 15) is 4.79 Å². The first-order valence-corrected chi connectivity index (χ1v) is 12.0. The largest absolute Gasteiger partial charge is 0.490 e. The molecule has 1 aliphatic rings. The summed E-state index contributed by atoms with van der Waals surface area (Å²) in [6.45, 7) is 14.0. The first-order valence-electron chi connectivity index (χ1n) is 11.6.